The van der Waals surface area contributed by atoms with Crippen molar-refractivity contribution in [3.8, 4) is 5.75 Å². The van der Waals surface area contributed by atoms with Crippen LogP contribution in [-0.2, 0) is 25.3 Å². The van der Waals surface area contributed by atoms with Crippen LogP contribution in [0.5, 0.6) is 5.75 Å². The van der Waals surface area contributed by atoms with Crippen molar-refractivity contribution in [2.75, 3.05) is 14.2 Å². The van der Waals surface area contributed by atoms with Crippen molar-refractivity contribution in [2.45, 2.75) is 77.9 Å². The first-order valence-electron chi connectivity index (χ1n) is 10.4. The Labute approximate surface area is 182 Å². The van der Waals surface area contributed by atoms with Gasteiger partial charge in [-0.1, -0.05) is 46.8 Å². The number of nitrogens with one attached hydrogen (secondary N) is 1. The standard InChI is InChI=1S/C23H39NO5Si/c1-16(2)20(29-30(9,10)22(4,5)6)23(17(3)25,21(26)28-8)24-15-18-11-13-19(27-7)14-12-18/h11-14,16,20,24H,15H2,1-10H3/t20-,23?/m0/s1. The zero-order chi connectivity index (χ0) is 23.3. The van der Waals surface area contributed by atoms with Crippen LogP contribution in [0.25, 0.3) is 0 Å². The molecule has 1 N–H and O–H groups in total. The van der Waals surface area contributed by atoms with Gasteiger partial charge >= 0.3 is 5.97 Å². The lowest BCUT2D eigenvalue weighted by Gasteiger charge is -2.46. The predicted octanol–water partition coefficient (Wildman–Crippen LogP) is 4.33. The lowest BCUT2D eigenvalue weighted by Crippen LogP contribution is -2.69. The Balaban J connectivity index is 3.41. The highest BCUT2D eigenvalue weighted by Crippen LogP contribution is 2.40. The molecule has 2 atom stereocenters. The molecule has 170 valence electrons. The van der Waals surface area contributed by atoms with E-state index in [0.29, 0.717) is 6.54 Å². The quantitative estimate of drug-likeness (QED) is 0.334. The molecule has 0 fully saturated rings. The SMILES string of the molecule is COC(=O)C(NCc1ccc(OC)cc1)(C(C)=O)[C@@H](O[Si](C)(C)C(C)(C)C)C(C)C. The van der Waals surface area contributed by atoms with Crippen molar-refractivity contribution in [3.05, 3.63) is 29.8 Å². The number of hydrogen-bond acceptors (Lipinski definition) is 6. The average molecular weight is 438 g/mol. The van der Waals surface area contributed by atoms with Gasteiger partial charge in [0, 0.05) is 6.54 Å². The van der Waals surface area contributed by atoms with Crippen LogP contribution in [0.4, 0.5) is 0 Å². The number of benzene rings is 1. The third kappa shape index (κ3) is 5.71. The number of rotatable bonds is 10. The van der Waals surface area contributed by atoms with E-state index in [1.807, 2.05) is 38.1 Å². The normalized spacial score (nSPS) is 15.4. The molecule has 0 aliphatic heterocycles. The molecule has 0 spiro atoms. The van der Waals surface area contributed by atoms with Gasteiger partial charge in [-0.2, -0.15) is 0 Å². The summed E-state index contributed by atoms with van der Waals surface area (Å²) in [5.41, 5.74) is -0.682. The molecule has 0 saturated heterocycles. The number of ether oxygens (including phenoxy) is 2. The molecule has 1 aromatic rings. The van der Waals surface area contributed by atoms with Gasteiger partial charge in [-0.15, -0.1) is 0 Å². The molecule has 0 radical (unpaired) electrons. The van der Waals surface area contributed by atoms with Gasteiger partial charge in [0.05, 0.1) is 20.3 Å². The first-order chi connectivity index (χ1) is 13.7. The third-order valence-corrected chi connectivity index (χ3v) is 10.5. The van der Waals surface area contributed by atoms with Crippen LogP contribution in [0.3, 0.4) is 0 Å². The minimum atomic E-state index is -2.28. The predicted molar refractivity (Wildman–Crippen MR) is 122 cm³/mol. The molecule has 0 aromatic heterocycles. The summed E-state index contributed by atoms with van der Waals surface area (Å²) in [6.07, 6.45) is -0.665. The van der Waals surface area contributed by atoms with Crippen LogP contribution in [0.15, 0.2) is 24.3 Å². The summed E-state index contributed by atoms with van der Waals surface area (Å²) in [6, 6.07) is 7.48. The molecule has 6 nitrogen and oxygen atoms in total. The fourth-order valence-electron chi connectivity index (χ4n) is 3.12. The van der Waals surface area contributed by atoms with Crippen LogP contribution in [0, 0.1) is 5.92 Å². The highest BCUT2D eigenvalue weighted by atomic mass is 28.4. The van der Waals surface area contributed by atoms with E-state index in [-0.39, 0.29) is 16.7 Å². The van der Waals surface area contributed by atoms with Crippen LogP contribution in [0.2, 0.25) is 18.1 Å². The van der Waals surface area contributed by atoms with E-state index in [1.165, 1.54) is 14.0 Å². The number of Topliss-reactive ketones (excluding diaryl/α,β-unsaturated/α-hetero) is 1. The van der Waals surface area contributed by atoms with Crippen molar-refractivity contribution in [2.24, 2.45) is 5.92 Å². The van der Waals surface area contributed by atoms with E-state index in [9.17, 15) is 9.59 Å². The minimum Gasteiger partial charge on any atom is -0.497 e. The number of carbonyl (C=O) groups excluding carboxylic acids is 2. The molecule has 0 saturated carbocycles. The molecular weight excluding hydrogens is 398 g/mol. The summed E-state index contributed by atoms with van der Waals surface area (Å²) < 4.78 is 17.0. The van der Waals surface area contributed by atoms with Crippen molar-refractivity contribution in [1.29, 1.82) is 0 Å². The highest BCUT2D eigenvalue weighted by Gasteiger charge is 2.55. The van der Waals surface area contributed by atoms with Crippen molar-refractivity contribution in [3.63, 3.8) is 0 Å². The molecular formula is C23H39NO5Si. The summed E-state index contributed by atoms with van der Waals surface area (Å²) in [5, 5.41) is 3.15. The second kappa shape index (κ2) is 10.1. The first kappa shape index (κ1) is 26.3. The Hall–Kier alpha value is -1.70. The Bertz CT molecular complexity index is 724. The average Bonchev–Trinajstić information content (AvgIpc) is 2.66. The Morgan fingerprint density at radius 3 is 1.97 bits per heavy atom. The van der Waals surface area contributed by atoms with Gasteiger partial charge in [0.25, 0.3) is 0 Å². The maximum absolute atomic E-state index is 13.1. The number of esters is 1. The van der Waals surface area contributed by atoms with Gasteiger partial charge in [-0.05, 0) is 48.7 Å². The smallest absolute Gasteiger partial charge is 0.336 e. The topological polar surface area (TPSA) is 73.9 Å². The Morgan fingerprint density at radius 2 is 1.60 bits per heavy atom. The maximum Gasteiger partial charge on any atom is 0.336 e. The largest absolute Gasteiger partial charge is 0.497 e. The molecule has 0 amide bonds. The van der Waals surface area contributed by atoms with E-state index in [1.54, 1.807) is 7.11 Å². The lowest BCUT2D eigenvalue weighted by atomic mass is 9.82. The summed E-state index contributed by atoms with van der Waals surface area (Å²) in [4.78, 5) is 26.1. The highest BCUT2D eigenvalue weighted by molar-refractivity contribution is 6.74. The third-order valence-electron chi connectivity index (χ3n) is 6.05. The fraction of sp³-hybridized carbons (Fsp3) is 0.652. The molecule has 0 aliphatic rings. The van der Waals surface area contributed by atoms with Gasteiger partial charge in [-0.3, -0.25) is 10.1 Å². The zero-order valence-corrected chi connectivity index (χ0v) is 21.2. The van der Waals surface area contributed by atoms with Gasteiger partial charge < -0.3 is 13.9 Å². The summed E-state index contributed by atoms with van der Waals surface area (Å²) in [7, 11) is 0.630. The molecule has 0 bridgehead atoms. The molecule has 1 aromatic carbocycles. The van der Waals surface area contributed by atoms with Crippen molar-refractivity contribution >= 4 is 20.1 Å². The Morgan fingerprint density at radius 1 is 1.07 bits per heavy atom. The molecule has 0 heterocycles. The van der Waals surface area contributed by atoms with E-state index in [2.05, 4.69) is 39.2 Å². The maximum atomic E-state index is 13.1. The van der Waals surface area contributed by atoms with Crippen LogP contribution < -0.4 is 10.1 Å². The minimum absolute atomic E-state index is 0.0746. The van der Waals surface area contributed by atoms with Crippen LogP contribution in [0.1, 0.15) is 47.1 Å². The number of methoxy groups -OCH3 is 2. The van der Waals surface area contributed by atoms with Gasteiger partial charge in [0.15, 0.2) is 14.1 Å². The van der Waals surface area contributed by atoms with E-state index >= 15 is 0 Å². The second-order valence-electron chi connectivity index (χ2n) is 9.60. The number of ketones is 1. The molecule has 30 heavy (non-hydrogen) atoms. The molecule has 1 rings (SSSR count). The van der Waals surface area contributed by atoms with Crippen molar-refractivity contribution in [1.82, 2.24) is 5.32 Å². The molecule has 0 aliphatic carbocycles. The zero-order valence-electron chi connectivity index (χ0n) is 20.2. The molecule has 7 heteroatoms. The van der Waals surface area contributed by atoms with Gasteiger partial charge in [0.1, 0.15) is 5.75 Å². The summed E-state index contributed by atoms with van der Waals surface area (Å²) in [5.74, 6) is -0.294. The van der Waals surface area contributed by atoms with Gasteiger partial charge in [0.2, 0.25) is 5.54 Å². The van der Waals surface area contributed by atoms with Crippen LogP contribution >= 0.6 is 0 Å². The van der Waals surface area contributed by atoms with Crippen molar-refractivity contribution < 1.29 is 23.5 Å². The molecule has 1 unspecified atom stereocenters. The summed E-state index contributed by atoms with van der Waals surface area (Å²) in [6.45, 7) is 16.3. The number of hydrogen-bond donors (Lipinski definition) is 1. The van der Waals surface area contributed by atoms with Gasteiger partial charge in [-0.25, -0.2) is 4.79 Å². The van der Waals surface area contributed by atoms with E-state index in [4.69, 9.17) is 13.9 Å². The lowest BCUT2D eigenvalue weighted by molar-refractivity contribution is -0.160. The second-order valence-corrected chi connectivity index (χ2v) is 14.4. The van der Waals surface area contributed by atoms with Crippen LogP contribution in [-0.4, -0.2) is 45.9 Å². The fourth-order valence-corrected chi connectivity index (χ4v) is 4.56. The van der Waals surface area contributed by atoms with E-state index in [0.717, 1.165) is 11.3 Å². The monoisotopic (exact) mass is 437 g/mol. The van der Waals surface area contributed by atoms with E-state index < -0.39 is 25.9 Å². The number of carbonyl (C=O) groups is 2. The Kier molecular flexibility index (Phi) is 8.84. The summed E-state index contributed by atoms with van der Waals surface area (Å²) >= 11 is 0. The first-order valence-corrected chi connectivity index (χ1v) is 13.3.